The van der Waals surface area contributed by atoms with E-state index in [2.05, 4.69) is 33.3 Å². The number of aryl methyl sites for hydroxylation is 1. The van der Waals surface area contributed by atoms with E-state index < -0.39 is 17.1 Å². The van der Waals surface area contributed by atoms with Crippen molar-refractivity contribution in [1.29, 1.82) is 0 Å². The number of pyridine rings is 1. The van der Waals surface area contributed by atoms with Gasteiger partial charge >= 0.3 is 0 Å². The van der Waals surface area contributed by atoms with E-state index in [1.807, 2.05) is 6.20 Å². The number of fused-ring (bicyclic) bond motifs is 7. The normalized spacial score (nSPS) is 19.2. The van der Waals surface area contributed by atoms with Gasteiger partial charge in [0.2, 0.25) is 0 Å². The lowest BCUT2D eigenvalue weighted by Crippen LogP contribution is -2.38. The molecule has 3 aromatic rings. The van der Waals surface area contributed by atoms with Crippen LogP contribution in [-0.2, 0) is 18.5 Å². The van der Waals surface area contributed by atoms with Crippen molar-refractivity contribution in [3.63, 3.8) is 0 Å². The maximum atomic E-state index is 12.6. The summed E-state index contributed by atoms with van der Waals surface area (Å²) in [6.45, 7) is 0.923. The quantitative estimate of drug-likeness (QED) is 0.581. The number of rotatable bonds is 0. The fourth-order valence-corrected chi connectivity index (χ4v) is 5.07. The average molecular weight is 422 g/mol. The second kappa shape index (κ2) is 7.83. The van der Waals surface area contributed by atoms with Gasteiger partial charge in [-0.3, -0.25) is 14.3 Å². The van der Waals surface area contributed by atoms with Gasteiger partial charge < -0.3 is 15.0 Å². The van der Waals surface area contributed by atoms with Crippen LogP contribution in [0.25, 0.3) is 11.0 Å². The highest BCUT2D eigenvalue weighted by Crippen LogP contribution is 2.40. The van der Waals surface area contributed by atoms with E-state index in [4.69, 9.17) is 4.98 Å². The van der Waals surface area contributed by atoms with Crippen molar-refractivity contribution in [2.24, 2.45) is 0 Å². The minimum absolute atomic E-state index is 0.253. The highest BCUT2D eigenvalue weighted by Gasteiger charge is 2.37. The third kappa shape index (κ3) is 3.60. The molecule has 8 nitrogen and oxygen atoms in total. The maximum absolute atomic E-state index is 12.6. The van der Waals surface area contributed by atoms with Gasteiger partial charge in [-0.25, -0.2) is 4.98 Å². The van der Waals surface area contributed by atoms with E-state index in [0.29, 0.717) is 13.1 Å². The molecular formula is C23H27N5O3. The Bertz CT molecular complexity index is 1190. The smallest absolute Gasteiger partial charge is 0.275 e. The summed E-state index contributed by atoms with van der Waals surface area (Å²) in [7, 11) is 0. The summed E-state index contributed by atoms with van der Waals surface area (Å²) in [6, 6.07) is 4.34. The average Bonchev–Trinajstić information content (AvgIpc) is 3.39. The molecule has 162 valence electrons. The van der Waals surface area contributed by atoms with Gasteiger partial charge in [-0.05, 0) is 49.8 Å². The zero-order valence-corrected chi connectivity index (χ0v) is 17.5. The molecule has 6 bridgehead atoms. The summed E-state index contributed by atoms with van der Waals surface area (Å²) in [5, 5.41) is 18.5. The third-order valence-corrected chi connectivity index (χ3v) is 6.68. The molecule has 0 radical (unpaired) electrons. The number of nitrogens with one attached hydrogen (secondary N) is 1. The van der Waals surface area contributed by atoms with E-state index in [-0.39, 0.29) is 11.2 Å². The Morgan fingerprint density at radius 3 is 2.77 bits per heavy atom. The summed E-state index contributed by atoms with van der Waals surface area (Å²) in [5.74, 6) is -0.983. The van der Waals surface area contributed by atoms with Crippen molar-refractivity contribution in [3.8, 4) is 5.75 Å². The molecule has 6 rings (SSSR count). The molecule has 5 heterocycles. The second-order valence-corrected chi connectivity index (χ2v) is 8.83. The summed E-state index contributed by atoms with van der Waals surface area (Å²) in [5.41, 5.74) is 0.914. The Labute approximate surface area is 179 Å². The molecule has 2 N–H and O–H groups in total. The molecule has 1 amide bonds. The van der Waals surface area contributed by atoms with Crippen LogP contribution >= 0.6 is 0 Å². The fourth-order valence-electron chi connectivity index (χ4n) is 5.07. The number of nitrogens with zero attached hydrogens (tertiary/aromatic N) is 4. The van der Waals surface area contributed by atoms with Gasteiger partial charge in [-0.1, -0.05) is 19.3 Å². The fraction of sp³-hybridized carbons (Fsp3) is 0.478. The van der Waals surface area contributed by atoms with Crippen LogP contribution in [0.3, 0.4) is 0 Å². The van der Waals surface area contributed by atoms with Crippen molar-refractivity contribution in [2.45, 2.75) is 63.5 Å². The number of hydrogen-bond donors (Lipinski definition) is 2. The van der Waals surface area contributed by atoms with Crippen LogP contribution in [0.4, 0.5) is 0 Å². The number of amides is 1. The van der Waals surface area contributed by atoms with Gasteiger partial charge in [0.15, 0.2) is 11.4 Å². The van der Waals surface area contributed by atoms with E-state index >= 15 is 0 Å². The van der Waals surface area contributed by atoms with Crippen molar-refractivity contribution in [3.05, 3.63) is 52.2 Å². The number of carbonyl (C=O) groups excluding carboxylic acids is 1. The lowest BCUT2D eigenvalue weighted by molar-refractivity contribution is 0.0942. The molecule has 1 spiro atoms. The summed E-state index contributed by atoms with van der Waals surface area (Å²) < 4.78 is 3.78. The topological polar surface area (TPSA) is 102 Å². The lowest BCUT2D eigenvalue weighted by Gasteiger charge is -2.32. The Balaban J connectivity index is 1.64. The summed E-state index contributed by atoms with van der Waals surface area (Å²) in [4.78, 5) is 29.8. The molecule has 0 atom stereocenters. The predicted molar refractivity (Wildman–Crippen MR) is 116 cm³/mol. The van der Waals surface area contributed by atoms with E-state index in [1.54, 1.807) is 4.68 Å². The van der Waals surface area contributed by atoms with Gasteiger partial charge in [-0.2, -0.15) is 5.10 Å². The first-order valence-electron chi connectivity index (χ1n) is 11.1. The molecule has 2 aliphatic heterocycles. The van der Waals surface area contributed by atoms with Gasteiger partial charge in [0, 0.05) is 24.3 Å². The third-order valence-electron chi connectivity index (χ3n) is 6.68. The number of carbonyl (C=O) groups is 1. The van der Waals surface area contributed by atoms with E-state index in [0.717, 1.165) is 62.4 Å². The Morgan fingerprint density at radius 2 is 1.94 bits per heavy atom. The van der Waals surface area contributed by atoms with Crippen LogP contribution in [0, 0.1) is 0 Å². The van der Waals surface area contributed by atoms with Crippen LogP contribution < -0.4 is 10.7 Å². The highest BCUT2D eigenvalue weighted by molar-refractivity contribution is 5.92. The number of aromatic nitrogens is 4. The van der Waals surface area contributed by atoms with Crippen molar-refractivity contribution < 1.29 is 9.90 Å². The molecule has 0 saturated heterocycles. The molecule has 3 aliphatic rings. The maximum Gasteiger partial charge on any atom is 0.275 e. The first kappa shape index (κ1) is 19.8. The molecule has 0 aromatic carbocycles. The van der Waals surface area contributed by atoms with Crippen LogP contribution in [0.1, 0.15) is 61.0 Å². The van der Waals surface area contributed by atoms with Crippen molar-refractivity contribution in [1.82, 2.24) is 24.6 Å². The van der Waals surface area contributed by atoms with Crippen LogP contribution in [0.5, 0.6) is 5.75 Å². The van der Waals surface area contributed by atoms with E-state index in [1.165, 1.54) is 11.8 Å². The Kier molecular flexibility index (Phi) is 5.00. The molecular weight excluding hydrogens is 394 g/mol. The van der Waals surface area contributed by atoms with Gasteiger partial charge in [0.05, 0.1) is 18.3 Å². The zero-order chi connectivity index (χ0) is 21.4. The van der Waals surface area contributed by atoms with Crippen LogP contribution in [0.2, 0.25) is 0 Å². The highest BCUT2D eigenvalue weighted by atomic mass is 16.3. The Hall–Kier alpha value is -3.16. The minimum atomic E-state index is -0.729. The SMILES string of the molecule is O=C1NCCCCCc2cnc3c(ccn3C3(CCCC3)Cn3cc(O)c(=O)c1n3)c2. The number of hydrogen-bond acceptors (Lipinski definition) is 5. The molecule has 31 heavy (non-hydrogen) atoms. The molecule has 1 aliphatic carbocycles. The molecule has 3 aromatic heterocycles. The zero-order valence-electron chi connectivity index (χ0n) is 17.5. The second-order valence-electron chi connectivity index (χ2n) is 8.83. The number of aromatic hydroxyl groups is 1. The largest absolute Gasteiger partial charge is 0.503 e. The van der Waals surface area contributed by atoms with Crippen LogP contribution in [-0.4, -0.2) is 36.9 Å². The van der Waals surface area contributed by atoms with Crippen LogP contribution in [0.15, 0.2) is 35.5 Å². The lowest BCUT2D eigenvalue weighted by atomic mass is 9.97. The molecule has 0 unspecified atom stereocenters. The molecule has 1 saturated carbocycles. The summed E-state index contributed by atoms with van der Waals surface area (Å²) >= 11 is 0. The monoisotopic (exact) mass is 421 g/mol. The van der Waals surface area contributed by atoms with Gasteiger partial charge in [-0.15, -0.1) is 0 Å². The van der Waals surface area contributed by atoms with Gasteiger partial charge in [0.1, 0.15) is 5.65 Å². The standard InChI is InChI=1S/C23H27N5O3/c29-18-14-27-15-23(8-3-4-9-23)28-11-7-17-12-16(13-25-21(17)28)6-2-1-5-10-24-22(31)19(26-27)20(18)30/h7,11-14,29H,1-6,8-10,15H2,(H,24,31). The molecule has 8 heteroatoms. The minimum Gasteiger partial charge on any atom is -0.503 e. The van der Waals surface area contributed by atoms with Crippen molar-refractivity contribution >= 4 is 16.9 Å². The Morgan fingerprint density at radius 1 is 1.10 bits per heavy atom. The van der Waals surface area contributed by atoms with E-state index in [9.17, 15) is 14.7 Å². The first-order valence-corrected chi connectivity index (χ1v) is 11.1. The summed E-state index contributed by atoms with van der Waals surface area (Å²) in [6.07, 6.45) is 13.2. The van der Waals surface area contributed by atoms with Crippen molar-refractivity contribution in [2.75, 3.05) is 6.54 Å². The molecule has 1 fully saturated rings. The van der Waals surface area contributed by atoms with Gasteiger partial charge in [0.25, 0.3) is 11.3 Å². The predicted octanol–water partition coefficient (Wildman–Crippen LogP) is 2.72. The first-order chi connectivity index (χ1) is 15.1.